The molecular weight excluding hydrogens is 256 g/mol. The quantitative estimate of drug-likeness (QED) is 0.663. The van der Waals surface area contributed by atoms with Crippen LogP contribution in [0.15, 0.2) is 53.4 Å². The lowest BCUT2D eigenvalue weighted by Crippen LogP contribution is -2.14. The van der Waals surface area contributed by atoms with E-state index in [4.69, 9.17) is 5.73 Å². The summed E-state index contributed by atoms with van der Waals surface area (Å²) in [6, 6.07) is 15.3. The summed E-state index contributed by atoms with van der Waals surface area (Å²) in [5.74, 6) is 0.319. The van der Waals surface area contributed by atoms with Gasteiger partial charge in [-0.2, -0.15) is 0 Å². The monoisotopic (exact) mass is 272 g/mol. The molecule has 3 N–H and O–H groups in total. The van der Waals surface area contributed by atoms with Gasteiger partial charge in [-0.3, -0.25) is 4.79 Å². The first kappa shape index (κ1) is 13.5. The molecule has 3 nitrogen and oxygen atoms in total. The maximum absolute atomic E-state index is 11.8. The molecule has 0 aliphatic heterocycles. The minimum Gasteiger partial charge on any atom is -0.398 e. The van der Waals surface area contributed by atoms with Gasteiger partial charge in [0.05, 0.1) is 5.75 Å². The van der Waals surface area contributed by atoms with E-state index in [1.54, 1.807) is 0 Å². The van der Waals surface area contributed by atoms with Crippen molar-refractivity contribution in [3.8, 4) is 0 Å². The van der Waals surface area contributed by atoms with Crippen LogP contribution in [0.3, 0.4) is 0 Å². The smallest absolute Gasteiger partial charge is 0.234 e. The molecule has 4 heteroatoms. The predicted molar refractivity (Wildman–Crippen MR) is 81.4 cm³/mol. The van der Waals surface area contributed by atoms with Crippen LogP contribution >= 0.6 is 11.8 Å². The van der Waals surface area contributed by atoms with E-state index in [2.05, 4.69) is 5.32 Å². The number of nitrogens with two attached hydrogens (primary N) is 1. The topological polar surface area (TPSA) is 55.1 Å². The number of amides is 1. The van der Waals surface area contributed by atoms with E-state index >= 15 is 0 Å². The maximum Gasteiger partial charge on any atom is 0.234 e. The molecule has 19 heavy (non-hydrogen) atoms. The largest absolute Gasteiger partial charge is 0.398 e. The fourth-order valence-electron chi connectivity index (χ4n) is 1.64. The molecule has 0 saturated carbocycles. The second-order valence-electron chi connectivity index (χ2n) is 4.19. The third-order valence-corrected chi connectivity index (χ3v) is 3.77. The summed E-state index contributed by atoms with van der Waals surface area (Å²) in [5, 5.41) is 2.85. The van der Waals surface area contributed by atoms with Gasteiger partial charge in [0.2, 0.25) is 5.91 Å². The summed E-state index contributed by atoms with van der Waals surface area (Å²) < 4.78 is 0. The molecule has 0 heterocycles. The first-order valence-corrected chi connectivity index (χ1v) is 6.98. The van der Waals surface area contributed by atoms with E-state index in [9.17, 15) is 4.79 Å². The maximum atomic E-state index is 11.8. The fraction of sp³-hybridized carbons (Fsp3) is 0.133. The van der Waals surface area contributed by atoms with Gasteiger partial charge in [0.15, 0.2) is 0 Å². The van der Waals surface area contributed by atoms with Crippen LogP contribution in [-0.4, -0.2) is 11.7 Å². The second-order valence-corrected chi connectivity index (χ2v) is 5.21. The van der Waals surface area contributed by atoms with Crippen LogP contribution in [0.4, 0.5) is 11.4 Å². The lowest BCUT2D eigenvalue weighted by atomic mass is 10.2. The number of para-hydroxylation sites is 2. The molecule has 98 valence electrons. The van der Waals surface area contributed by atoms with Gasteiger partial charge in [-0.15, -0.1) is 11.8 Å². The van der Waals surface area contributed by atoms with Crippen molar-refractivity contribution in [2.45, 2.75) is 11.8 Å². The molecule has 2 aromatic carbocycles. The van der Waals surface area contributed by atoms with E-state index in [1.165, 1.54) is 11.8 Å². The number of rotatable bonds is 4. The zero-order valence-corrected chi connectivity index (χ0v) is 11.5. The summed E-state index contributed by atoms with van der Waals surface area (Å²) >= 11 is 1.45. The lowest BCUT2D eigenvalue weighted by molar-refractivity contribution is -0.113. The zero-order chi connectivity index (χ0) is 13.7. The molecule has 0 spiro atoms. The van der Waals surface area contributed by atoms with Crippen molar-refractivity contribution in [1.82, 2.24) is 0 Å². The Hall–Kier alpha value is -1.94. The number of aryl methyl sites for hydroxylation is 1. The molecule has 0 aromatic heterocycles. The molecule has 0 aliphatic carbocycles. The molecule has 0 atom stereocenters. The van der Waals surface area contributed by atoms with Crippen molar-refractivity contribution >= 4 is 29.0 Å². The Morgan fingerprint density at radius 2 is 1.89 bits per heavy atom. The molecule has 0 saturated heterocycles. The number of nitrogen functional groups attached to an aromatic ring is 1. The van der Waals surface area contributed by atoms with Crippen LogP contribution in [0, 0.1) is 6.92 Å². The number of hydrogen-bond donors (Lipinski definition) is 2. The van der Waals surface area contributed by atoms with Gasteiger partial charge >= 0.3 is 0 Å². The average Bonchev–Trinajstić information content (AvgIpc) is 2.42. The molecule has 0 fully saturated rings. The van der Waals surface area contributed by atoms with E-state index in [0.717, 1.165) is 21.8 Å². The molecule has 2 rings (SSSR count). The zero-order valence-electron chi connectivity index (χ0n) is 10.7. The highest BCUT2D eigenvalue weighted by Gasteiger charge is 2.06. The van der Waals surface area contributed by atoms with Gasteiger partial charge in [0, 0.05) is 16.3 Å². The Balaban J connectivity index is 1.92. The second kappa shape index (κ2) is 6.29. The Morgan fingerprint density at radius 1 is 1.16 bits per heavy atom. The molecule has 1 amide bonds. The number of nitrogens with one attached hydrogen (secondary N) is 1. The van der Waals surface area contributed by atoms with Gasteiger partial charge in [0.25, 0.3) is 0 Å². The minimum atomic E-state index is -0.0305. The van der Waals surface area contributed by atoms with Crippen molar-refractivity contribution in [1.29, 1.82) is 0 Å². The number of anilines is 2. The van der Waals surface area contributed by atoms with Crippen molar-refractivity contribution in [3.05, 3.63) is 54.1 Å². The normalized spacial score (nSPS) is 10.2. The molecular formula is C15H16N2OS. The fourth-order valence-corrected chi connectivity index (χ4v) is 2.49. The van der Waals surface area contributed by atoms with E-state index in [-0.39, 0.29) is 5.91 Å². The third kappa shape index (κ3) is 3.76. The Kier molecular flexibility index (Phi) is 4.47. The molecule has 2 aromatic rings. The van der Waals surface area contributed by atoms with Crippen LogP contribution in [0.2, 0.25) is 0 Å². The number of carbonyl (C=O) groups excluding carboxylic acids is 1. The number of carbonyl (C=O) groups is 1. The van der Waals surface area contributed by atoms with Crippen molar-refractivity contribution in [2.24, 2.45) is 0 Å². The highest BCUT2D eigenvalue weighted by molar-refractivity contribution is 8.00. The first-order valence-electron chi connectivity index (χ1n) is 5.99. The van der Waals surface area contributed by atoms with Crippen molar-refractivity contribution in [2.75, 3.05) is 16.8 Å². The molecule has 0 unspecified atom stereocenters. The molecule has 0 radical (unpaired) electrons. The molecule has 0 aliphatic rings. The summed E-state index contributed by atoms with van der Waals surface area (Å²) in [6.07, 6.45) is 0. The van der Waals surface area contributed by atoms with E-state index in [1.807, 2.05) is 55.5 Å². The summed E-state index contributed by atoms with van der Waals surface area (Å²) in [4.78, 5) is 12.8. The predicted octanol–water partition coefficient (Wildman–Crippen LogP) is 3.31. The van der Waals surface area contributed by atoms with Gasteiger partial charge in [-0.1, -0.05) is 30.3 Å². The highest BCUT2D eigenvalue weighted by atomic mass is 32.2. The van der Waals surface area contributed by atoms with Crippen molar-refractivity contribution < 1.29 is 4.79 Å². The van der Waals surface area contributed by atoms with Gasteiger partial charge in [0.1, 0.15) is 0 Å². The number of benzene rings is 2. The van der Waals surface area contributed by atoms with E-state index in [0.29, 0.717) is 5.75 Å². The Bertz CT molecular complexity index is 570. The number of thioether (sulfide) groups is 1. The third-order valence-electron chi connectivity index (χ3n) is 2.70. The van der Waals surface area contributed by atoms with Crippen LogP contribution in [-0.2, 0) is 4.79 Å². The first-order chi connectivity index (χ1) is 9.16. The summed E-state index contributed by atoms with van der Waals surface area (Å²) in [7, 11) is 0. The average molecular weight is 272 g/mol. The molecule has 0 bridgehead atoms. The summed E-state index contributed by atoms with van der Waals surface area (Å²) in [5.41, 5.74) is 8.56. The van der Waals surface area contributed by atoms with Gasteiger partial charge in [-0.25, -0.2) is 0 Å². The van der Waals surface area contributed by atoms with Gasteiger partial charge < -0.3 is 11.1 Å². The van der Waals surface area contributed by atoms with Crippen LogP contribution in [0.5, 0.6) is 0 Å². The SMILES string of the molecule is Cc1cccc(SCC(=O)Nc2ccccc2)c1N. The standard InChI is InChI=1S/C15H16N2OS/c1-11-6-5-9-13(15(11)16)19-10-14(18)17-12-7-3-2-4-8-12/h2-9H,10,16H2,1H3,(H,17,18). The lowest BCUT2D eigenvalue weighted by Gasteiger charge is -2.08. The van der Waals surface area contributed by atoms with Crippen LogP contribution in [0.1, 0.15) is 5.56 Å². The minimum absolute atomic E-state index is 0.0305. The van der Waals surface area contributed by atoms with E-state index < -0.39 is 0 Å². The highest BCUT2D eigenvalue weighted by Crippen LogP contribution is 2.27. The number of hydrogen-bond acceptors (Lipinski definition) is 3. The Morgan fingerprint density at radius 3 is 2.63 bits per heavy atom. The van der Waals surface area contributed by atoms with Crippen molar-refractivity contribution in [3.63, 3.8) is 0 Å². The van der Waals surface area contributed by atoms with Gasteiger partial charge in [-0.05, 0) is 30.7 Å². The van der Waals surface area contributed by atoms with Crippen LogP contribution < -0.4 is 11.1 Å². The van der Waals surface area contributed by atoms with Crippen LogP contribution in [0.25, 0.3) is 0 Å². The Labute approximate surface area is 117 Å². The summed E-state index contributed by atoms with van der Waals surface area (Å²) in [6.45, 7) is 1.96.